The minimum Gasteiger partial charge on any atom is -0.475 e. The molecule has 1 aromatic rings. The van der Waals surface area contributed by atoms with Gasteiger partial charge in [-0.05, 0) is 6.42 Å². The number of aliphatic carboxylic acids is 1. The lowest BCUT2D eigenvalue weighted by molar-refractivity contribution is -0.192. The molecule has 1 amide bonds. The van der Waals surface area contributed by atoms with Crippen LogP contribution >= 0.6 is 0 Å². The molecule has 0 aromatic carbocycles. The highest BCUT2D eigenvalue weighted by molar-refractivity contribution is 5.79. The van der Waals surface area contributed by atoms with Crippen molar-refractivity contribution in [3.63, 3.8) is 0 Å². The molecule has 2 aliphatic rings. The average Bonchev–Trinajstić information content (AvgIpc) is 2.76. The summed E-state index contributed by atoms with van der Waals surface area (Å²) in [5.41, 5.74) is 0. The molecule has 1 aromatic heterocycles. The SMILES string of the molecule is O=C(O)C(F)(F)F.O=C1NCCO[C@H]2CN(c3ncc(F)cn3)CC[C@@H]12. The highest BCUT2D eigenvalue weighted by Crippen LogP contribution is 2.24. The number of hydrogen-bond acceptors (Lipinski definition) is 6. The molecule has 2 fully saturated rings. The van der Waals surface area contributed by atoms with Gasteiger partial charge < -0.3 is 20.1 Å². The van der Waals surface area contributed by atoms with E-state index in [2.05, 4.69) is 15.3 Å². The van der Waals surface area contributed by atoms with Crippen molar-refractivity contribution in [1.82, 2.24) is 15.3 Å². The zero-order valence-electron chi connectivity index (χ0n) is 13.4. The summed E-state index contributed by atoms with van der Waals surface area (Å²) in [5.74, 6) is -2.79. The van der Waals surface area contributed by atoms with Gasteiger partial charge in [-0.15, -0.1) is 0 Å². The Morgan fingerprint density at radius 2 is 1.96 bits per heavy atom. The molecular formula is C14H16F4N4O4. The second kappa shape index (κ2) is 8.25. The van der Waals surface area contributed by atoms with Crippen molar-refractivity contribution in [3.05, 3.63) is 18.2 Å². The van der Waals surface area contributed by atoms with Crippen LogP contribution in [0.1, 0.15) is 6.42 Å². The van der Waals surface area contributed by atoms with Crippen LogP contribution in [-0.4, -0.2) is 65.5 Å². The fourth-order valence-corrected chi connectivity index (χ4v) is 2.55. The number of carbonyl (C=O) groups is 2. The Morgan fingerprint density at radius 3 is 2.54 bits per heavy atom. The van der Waals surface area contributed by atoms with Gasteiger partial charge in [-0.1, -0.05) is 0 Å². The zero-order valence-corrected chi connectivity index (χ0v) is 13.4. The summed E-state index contributed by atoms with van der Waals surface area (Å²) in [6.07, 6.45) is -2.24. The van der Waals surface area contributed by atoms with Gasteiger partial charge in [-0.3, -0.25) is 4.79 Å². The third-order valence-electron chi connectivity index (χ3n) is 3.76. The third kappa shape index (κ3) is 5.25. The highest BCUT2D eigenvalue weighted by Gasteiger charge is 2.38. The van der Waals surface area contributed by atoms with Crippen molar-refractivity contribution < 1.29 is 37.0 Å². The molecular weight excluding hydrogens is 364 g/mol. The van der Waals surface area contributed by atoms with Crippen LogP contribution < -0.4 is 10.2 Å². The van der Waals surface area contributed by atoms with E-state index < -0.39 is 18.0 Å². The van der Waals surface area contributed by atoms with Crippen LogP contribution in [0.4, 0.5) is 23.5 Å². The number of piperidine rings is 1. The summed E-state index contributed by atoms with van der Waals surface area (Å²) in [6.45, 7) is 2.30. The Bertz CT molecular complexity index is 641. The molecule has 2 atom stereocenters. The lowest BCUT2D eigenvalue weighted by Crippen LogP contribution is -2.49. The molecule has 3 heterocycles. The Balaban J connectivity index is 0.000000298. The summed E-state index contributed by atoms with van der Waals surface area (Å²) < 4.78 is 50.2. The molecule has 0 radical (unpaired) electrons. The fraction of sp³-hybridized carbons (Fsp3) is 0.571. The molecule has 0 aliphatic carbocycles. The number of carboxylic acids is 1. The molecule has 0 unspecified atom stereocenters. The number of carboxylic acid groups (broad SMARTS) is 1. The predicted molar refractivity (Wildman–Crippen MR) is 78.8 cm³/mol. The fourth-order valence-electron chi connectivity index (χ4n) is 2.55. The minimum absolute atomic E-state index is 0.0576. The van der Waals surface area contributed by atoms with Gasteiger partial charge in [0.2, 0.25) is 11.9 Å². The van der Waals surface area contributed by atoms with Gasteiger partial charge in [-0.2, -0.15) is 13.2 Å². The molecule has 3 rings (SSSR count). The Kier molecular flexibility index (Phi) is 6.29. The van der Waals surface area contributed by atoms with E-state index >= 15 is 0 Å². The molecule has 0 spiro atoms. The Labute approximate surface area is 145 Å². The number of ether oxygens (including phenoxy) is 1. The summed E-state index contributed by atoms with van der Waals surface area (Å²) in [4.78, 5) is 30.6. The minimum atomic E-state index is -5.08. The largest absolute Gasteiger partial charge is 0.490 e. The Hall–Kier alpha value is -2.50. The van der Waals surface area contributed by atoms with Gasteiger partial charge >= 0.3 is 12.1 Å². The number of carbonyl (C=O) groups excluding carboxylic acids is 1. The predicted octanol–water partition coefficient (Wildman–Crippen LogP) is 0.590. The van der Waals surface area contributed by atoms with Crippen molar-refractivity contribution in [2.75, 3.05) is 31.1 Å². The number of alkyl halides is 3. The molecule has 0 bridgehead atoms. The molecule has 8 nitrogen and oxygen atoms in total. The second-order valence-electron chi connectivity index (χ2n) is 5.55. The molecule has 26 heavy (non-hydrogen) atoms. The van der Waals surface area contributed by atoms with Crippen LogP contribution in [0, 0.1) is 11.7 Å². The van der Waals surface area contributed by atoms with Crippen LogP contribution in [0.3, 0.4) is 0 Å². The first-order chi connectivity index (χ1) is 12.2. The topological polar surface area (TPSA) is 105 Å². The van der Waals surface area contributed by atoms with Crippen LogP contribution in [-0.2, 0) is 14.3 Å². The zero-order chi connectivity index (χ0) is 19.3. The second-order valence-corrected chi connectivity index (χ2v) is 5.55. The van der Waals surface area contributed by atoms with E-state index in [0.717, 1.165) is 12.4 Å². The van der Waals surface area contributed by atoms with Gasteiger partial charge in [0, 0.05) is 19.6 Å². The molecule has 144 valence electrons. The third-order valence-corrected chi connectivity index (χ3v) is 3.76. The van der Waals surface area contributed by atoms with Crippen LogP contribution in [0.2, 0.25) is 0 Å². The molecule has 2 aliphatic heterocycles. The monoisotopic (exact) mass is 380 g/mol. The number of halogens is 4. The first-order valence-electron chi connectivity index (χ1n) is 7.60. The molecule has 0 saturated carbocycles. The van der Waals surface area contributed by atoms with E-state index in [1.165, 1.54) is 0 Å². The van der Waals surface area contributed by atoms with Crippen molar-refractivity contribution in [1.29, 1.82) is 0 Å². The van der Waals surface area contributed by atoms with Gasteiger partial charge in [0.05, 0.1) is 31.0 Å². The lowest BCUT2D eigenvalue weighted by atomic mass is 9.93. The van der Waals surface area contributed by atoms with Crippen LogP contribution in [0.5, 0.6) is 0 Å². The summed E-state index contributed by atoms with van der Waals surface area (Å²) in [5, 5.41) is 9.97. The number of nitrogens with zero attached hydrogens (tertiary/aromatic N) is 3. The lowest BCUT2D eigenvalue weighted by Gasteiger charge is -2.36. The van der Waals surface area contributed by atoms with E-state index in [0.29, 0.717) is 38.6 Å². The number of rotatable bonds is 1. The maximum atomic E-state index is 12.8. The summed E-state index contributed by atoms with van der Waals surface area (Å²) >= 11 is 0. The van der Waals surface area contributed by atoms with E-state index in [4.69, 9.17) is 14.6 Å². The van der Waals surface area contributed by atoms with Crippen LogP contribution in [0.25, 0.3) is 0 Å². The van der Waals surface area contributed by atoms with Crippen molar-refractivity contribution in [2.24, 2.45) is 5.92 Å². The van der Waals surface area contributed by atoms with E-state index in [1.54, 1.807) is 0 Å². The maximum Gasteiger partial charge on any atom is 0.490 e. The Morgan fingerprint density at radius 1 is 1.35 bits per heavy atom. The number of anilines is 1. The summed E-state index contributed by atoms with van der Waals surface area (Å²) in [6, 6.07) is 0. The van der Waals surface area contributed by atoms with Crippen LogP contribution in [0.15, 0.2) is 12.4 Å². The van der Waals surface area contributed by atoms with Crippen molar-refractivity contribution in [3.8, 4) is 0 Å². The average molecular weight is 380 g/mol. The normalized spacial score (nSPS) is 23.1. The van der Waals surface area contributed by atoms with Crippen molar-refractivity contribution >= 4 is 17.8 Å². The van der Waals surface area contributed by atoms with Gasteiger partial charge in [0.25, 0.3) is 0 Å². The number of nitrogens with one attached hydrogen (secondary N) is 1. The quantitative estimate of drug-likeness (QED) is 0.687. The number of fused-ring (bicyclic) bond motifs is 1. The molecule has 2 saturated heterocycles. The number of aromatic nitrogens is 2. The van der Waals surface area contributed by atoms with E-state index in [-0.39, 0.29) is 17.9 Å². The van der Waals surface area contributed by atoms with Gasteiger partial charge in [0.1, 0.15) is 0 Å². The number of hydrogen-bond donors (Lipinski definition) is 2. The molecule has 12 heteroatoms. The standard InChI is InChI=1S/C12H15FN4O2.C2HF3O2/c13-8-5-15-12(16-6-8)17-3-1-9-10(7-17)19-4-2-14-11(9)18;3-2(4,5)1(6)7/h5-6,9-10H,1-4,7H2,(H,14,18);(H,6,7)/t9-,10+;/m1./s1. The van der Waals surface area contributed by atoms with Gasteiger partial charge in [-0.25, -0.2) is 19.2 Å². The molecule has 2 N–H and O–H groups in total. The first-order valence-corrected chi connectivity index (χ1v) is 7.60. The highest BCUT2D eigenvalue weighted by atomic mass is 19.4. The smallest absolute Gasteiger partial charge is 0.475 e. The summed E-state index contributed by atoms with van der Waals surface area (Å²) in [7, 11) is 0. The maximum absolute atomic E-state index is 12.8. The van der Waals surface area contributed by atoms with E-state index in [1.807, 2.05) is 4.90 Å². The number of amides is 1. The van der Waals surface area contributed by atoms with Crippen molar-refractivity contribution in [2.45, 2.75) is 18.7 Å². The first kappa shape index (κ1) is 19.8. The van der Waals surface area contributed by atoms with E-state index in [9.17, 15) is 22.4 Å². The van der Waals surface area contributed by atoms with Gasteiger partial charge in [0.15, 0.2) is 5.82 Å².